The van der Waals surface area contributed by atoms with Crippen LogP contribution in [0.4, 0.5) is 0 Å². The van der Waals surface area contributed by atoms with E-state index in [0.717, 1.165) is 4.31 Å². The van der Waals surface area contributed by atoms with E-state index in [4.69, 9.17) is 18.0 Å². The quantitative estimate of drug-likeness (QED) is 0.714. The lowest BCUT2D eigenvalue weighted by Crippen LogP contribution is -2.42. The maximum absolute atomic E-state index is 11.9. The first kappa shape index (κ1) is 12.1. The lowest BCUT2D eigenvalue weighted by atomic mass is 10.3. The van der Waals surface area contributed by atoms with Crippen molar-refractivity contribution in [1.29, 1.82) is 0 Å². The molecule has 8 heteroatoms. The van der Waals surface area contributed by atoms with Gasteiger partial charge < -0.3 is 5.73 Å². The van der Waals surface area contributed by atoms with E-state index in [1.165, 1.54) is 19.3 Å². The van der Waals surface area contributed by atoms with E-state index in [0.29, 0.717) is 0 Å². The zero-order valence-corrected chi connectivity index (χ0v) is 9.97. The zero-order chi connectivity index (χ0) is 11.6. The minimum atomic E-state index is -3.59. The molecule has 1 rings (SSSR count). The first-order chi connectivity index (χ1) is 6.87. The number of hydrogen-bond acceptors (Lipinski definition) is 4. The average molecular weight is 248 g/mol. The van der Waals surface area contributed by atoms with Gasteiger partial charge in [-0.05, 0) is 13.0 Å². The van der Waals surface area contributed by atoms with E-state index >= 15 is 0 Å². The molecular weight excluding hydrogens is 236 g/mol. The van der Waals surface area contributed by atoms with E-state index in [1.54, 1.807) is 6.92 Å². The molecule has 0 fully saturated rings. The van der Waals surface area contributed by atoms with Gasteiger partial charge in [0, 0.05) is 7.05 Å². The van der Waals surface area contributed by atoms with Crippen molar-refractivity contribution in [3.8, 4) is 0 Å². The summed E-state index contributed by atoms with van der Waals surface area (Å²) in [5, 5.41) is 5.99. The van der Waals surface area contributed by atoms with Crippen LogP contribution in [0.5, 0.6) is 0 Å². The fourth-order valence-electron chi connectivity index (χ4n) is 0.929. The molecule has 0 bridgehead atoms. The van der Waals surface area contributed by atoms with E-state index in [1.807, 2.05) is 0 Å². The van der Waals surface area contributed by atoms with Crippen LogP contribution >= 0.6 is 12.2 Å². The molecule has 1 aromatic heterocycles. The molecule has 1 unspecified atom stereocenters. The van der Waals surface area contributed by atoms with E-state index in [-0.39, 0.29) is 10.0 Å². The minimum Gasteiger partial charge on any atom is -0.392 e. The van der Waals surface area contributed by atoms with Gasteiger partial charge in [-0.2, -0.15) is 9.40 Å². The van der Waals surface area contributed by atoms with Crippen molar-refractivity contribution < 1.29 is 8.42 Å². The summed E-state index contributed by atoms with van der Waals surface area (Å²) in [4.78, 5) is 0.126. The Morgan fingerprint density at radius 1 is 1.73 bits per heavy atom. The molecule has 0 spiro atoms. The summed E-state index contributed by atoms with van der Waals surface area (Å²) in [6.45, 7) is 1.62. The van der Waals surface area contributed by atoms with Crippen molar-refractivity contribution in [2.45, 2.75) is 18.0 Å². The summed E-state index contributed by atoms with van der Waals surface area (Å²) in [5.41, 5.74) is 5.39. The van der Waals surface area contributed by atoms with Crippen molar-refractivity contribution in [2.75, 3.05) is 7.05 Å². The predicted molar refractivity (Wildman–Crippen MR) is 59.8 cm³/mol. The fourth-order valence-corrected chi connectivity index (χ4v) is 2.40. The number of aromatic nitrogens is 2. The number of rotatable bonds is 4. The molecule has 1 heterocycles. The lowest BCUT2D eigenvalue weighted by molar-refractivity contribution is 0.449. The normalized spacial score (nSPS) is 14.1. The molecule has 0 aromatic carbocycles. The van der Waals surface area contributed by atoms with Crippen molar-refractivity contribution in [3.63, 3.8) is 0 Å². The van der Waals surface area contributed by atoms with Gasteiger partial charge >= 0.3 is 0 Å². The summed E-state index contributed by atoms with van der Waals surface area (Å²) in [7, 11) is -2.18. The van der Waals surface area contributed by atoms with Gasteiger partial charge in [0.2, 0.25) is 0 Å². The number of aromatic amines is 1. The molecule has 0 aliphatic rings. The van der Waals surface area contributed by atoms with Gasteiger partial charge in [0.1, 0.15) is 0 Å². The highest BCUT2D eigenvalue weighted by Crippen LogP contribution is 2.13. The molecule has 1 atom stereocenters. The Kier molecular flexibility index (Phi) is 3.42. The van der Waals surface area contributed by atoms with Crippen LogP contribution in [0.25, 0.3) is 0 Å². The Balaban J connectivity index is 3.03. The Morgan fingerprint density at radius 2 is 2.33 bits per heavy atom. The summed E-state index contributed by atoms with van der Waals surface area (Å²) in [6, 6.07) is 0.839. The average Bonchev–Trinajstić information content (AvgIpc) is 2.68. The molecule has 0 radical (unpaired) electrons. The highest BCUT2D eigenvalue weighted by atomic mass is 32.2. The highest BCUT2D eigenvalue weighted by Gasteiger charge is 2.27. The fraction of sp³-hybridized carbons (Fsp3) is 0.429. The SMILES string of the molecule is CC(C(N)=S)N(C)S(=O)(=O)c1ccn[nH]1. The van der Waals surface area contributed by atoms with Gasteiger partial charge in [-0.1, -0.05) is 12.2 Å². The van der Waals surface area contributed by atoms with Crippen LogP contribution in [0.3, 0.4) is 0 Å². The maximum atomic E-state index is 11.9. The smallest absolute Gasteiger partial charge is 0.260 e. The second-order valence-electron chi connectivity index (χ2n) is 3.02. The topological polar surface area (TPSA) is 92.1 Å². The van der Waals surface area contributed by atoms with Gasteiger partial charge in [-0.3, -0.25) is 5.10 Å². The Hall–Kier alpha value is -0.990. The van der Waals surface area contributed by atoms with Crippen LogP contribution in [0.2, 0.25) is 0 Å². The van der Waals surface area contributed by atoms with Crippen molar-refractivity contribution in [2.24, 2.45) is 5.73 Å². The summed E-state index contributed by atoms with van der Waals surface area (Å²) >= 11 is 4.74. The molecule has 0 amide bonds. The lowest BCUT2D eigenvalue weighted by Gasteiger charge is -2.22. The molecular formula is C7H12N4O2S2. The third kappa shape index (κ3) is 2.33. The molecule has 15 heavy (non-hydrogen) atoms. The minimum absolute atomic E-state index is 0.0214. The number of thiocarbonyl (C=S) groups is 1. The van der Waals surface area contributed by atoms with Gasteiger partial charge in [0.15, 0.2) is 5.03 Å². The number of nitrogens with zero attached hydrogens (tertiary/aromatic N) is 2. The van der Waals surface area contributed by atoms with Gasteiger partial charge in [0.05, 0.1) is 17.2 Å². The van der Waals surface area contributed by atoms with Crippen LogP contribution < -0.4 is 5.73 Å². The Morgan fingerprint density at radius 3 is 2.73 bits per heavy atom. The third-order valence-electron chi connectivity index (χ3n) is 2.09. The molecule has 0 saturated heterocycles. The first-order valence-corrected chi connectivity index (χ1v) is 5.99. The second-order valence-corrected chi connectivity index (χ2v) is 5.46. The number of H-pyrrole nitrogens is 1. The van der Waals surface area contributed by atoms with Crippen molar-refractivity contribution in [1.82, 2.24) is 14.5 Å². The predicted octanol–water partition coefficient (Wildman–Crippen LogP) is -0.295. The number of sulfonamides is 1. The van der Waals surface area contributed by atoms with Crippen molar-refractivity contribution in [3.05, 3.63) is 12.3 Å². The van der Waals surface area contributed by atoms with E-state index < -0.39 is 16.1 Å². The largest absolute Gasteiger partial charge is 0.392 e. The monoisotopic (exact) mass is 248 g/mol. The van der Waals surface area contributed by atoms with E-state index in [2.05, 4.69) is 10.2 Å². The number of hydrogen-bond donors (Lipinski definition) is 2. The molecule has 0 aliphatic carbocycles. The van der Waals surface area contributed by atoms with Crippen molar-refractivity contribution >= 4 is 27.2 Å². The van der Waals surface area contributed by atoms with Crippen LogP contribution in [0, 0.1) is 0 Å². The van der Waals surface area contributed by atoms with Gasteiger partial charge in [-0.25, -0.2) is 8.42 Å². The number of nitrogens with one attached hydrogen (secondary N) is 1. The van der Waals surface area contributed by atoms with Crippen LogP contribution in [-0.4, -0.2) is 41.0 Å². The molecule has 0 saturated carbocycles. The summed E-state index contributed by atoms with van der Waals surface area (Å²) in [5.74, 6) is 0. The highest BCUT2D eigenvalue weighted by molar-refractivity contribution is 7.89. The molecule has 84 valence electrons. The zero-order valence-electron chi connectivity index (χ0n) is 8.34. The summed E-state index contributed by atoms with van der Waals surface area (Å²) in [6.07, 6.45) is 1.37. The van der Waals surface area contributed by atoms with Crippen LogP contribution in [0.1, 0.15) is 6.92 Å². The van der Waals surface area contributed by atoms with Crippen LogP contribution in [0.15, 0.2) is 17.3 Å². The Labute approximate surface area is 93.5 Å². The molecule has 0 aliphatic heterocycles. The molecule has 1 aromatic rings. The molecule has 3 N–H and O–H groups in total. The second kappa shape index (κ2) is 4.25. The van der Waals surface area contributed by atoms with Gasteiger partial charge in [-0.15, -0.1) is 0 Å². The third-order valence-corrected chi connectivity index (χ3v) is 4.29. The van der Waals surface area contributed by atoms with Gasteiger partial charge in [0.25, 0.3) is 10.0 Å². The first-order valence-electron chi connectivity index (χ1n) is 4.14. The standard InChI is InChI=1S/C7H12N4O2S2/c1-5(7(8)14)11(2)15(12,13)6-3-4-9-10-6/h3-5H,1-2H3,(H2,8,14)(H,9,10). The Bertz CT molecular complexity index is 440. The number of nitrogens with two attached hydrogens (primary N) is 1. The van der Waals surface area contributed by atoms with E-state index in [9.17, 15) is 8.42 Å². The number of likely N-dealkylation sites (N-methyl/N-ethyl adjacent to an activating group) is 1. The summed E-state index contributed by atoms with van der Waals surface area (Å²) < 4.78 is 24.9. The maximum Gasteiger partial charge on any atom is 0.260 e. The molecule has 6 nitrogen and oxygen atoms in total. The van der Waals surface area contributed by atoms with Crippen LogP contribution in [-0.2, 0) is 10.0 Å².